The van der Waals surface area contributed by atoms with Crippen LogP contribution in [0.3, 0.4) is 0 Å². The van der Waals surface area contributed by atoms with Gasteiger partial charge in [0.15, 0.2) is 0 Å². The lowest BCUT2D eigenvalue weighted by Crippen LogP contribution is -1.83. The lowest BCUT2D eigenvalue weighted by atomic mass is 10.2. The van der Waals surface area contributed by atoms with E-state index in [1.807, 2.05) is 82.1 Å². The van der Waals surface area contributed by atoms with Crippen LogP contribution in [0.1, 0.15) is 22.4 Å². The van der Waals surface area contributed by atoms with E-state index in [9.17, 15) is 0 Å². The van der Waals surface area contributed by atoms with Crippen LogP contribution in [-0.4, -0.2) is 27.0 Å². The van der Waals surface area contributed by atoms with Crippen LogP contribution in [0.25, 0.3) is 0 Å². The van der Waals surface area contributed by atoms with E-state index in [0.29, 0.717) is 5.88 Å². The van der Waals surface area contributed by atoms with E-state index in [1.54, 1.807) is 19.4 Å². The van der Waals surface area contributed by atoms with Crippen molar-refractivity contribution < 1.29 is 4.74 Å². The molecule has 0 fully saturated rings. The highest BCUT2D eigenvalue weighted by atomic mass is 32.1. The summed E-state index contributed by atoms with van der Waals surface area (Å²) in [4.78, 5) is 14.8. The maximum atomic E-state index is 4.80. The molecule has 0 unspecified atom stereocenters. The van der Waals surface area contributed by atoms with Crippen LogP contribution in [0.5, 0.6) is 5.88 Å². The molecule has 0 amide bonds. The zero-order valence-electron chi connectivity index (χ0n) is 18.7. The van der Waals surface area contributed by atoms with Crippen LogP contribution in [0, 0.1) is 32.2 Å². The first-order chi connectivity index (χ1) is 14.9. The monoisotopic (exact) mass is 434 g/mol. The second kappa shape index (κ2) is 15.5. The summed E-state index contributed by atoms with van der Waals surface area (Å²) in [6.07, 6.45) is 10.8. The van der Waals surface area contributed by atoms with Gasteiger partial charge in [0.1, 0.15) is 0 Å². The van der Waals surface area contributed by atoms with Gasteiger partial charge in [-0.25, -0.2) is 4.98 Å². The first-order valence-corrected chi connectivity index (χ1v) is 10.2. The third kappa shape index (κ3) is 13.5. The van der Waals surface area contributed by atoms with Gasteiger partial charge < -0.3 is 9.72 Å². The maximum Gasteiger partial charge on any atom is 0.212 e. The highest BCUT2D eigenvalue weighted by Gasteiger charge is 1.83. The Balaban J connectivity index is 0.000000207. The van der Waals surface area contributed by atoms with Gasteiger partial charge in [0.25, 0.3) is 0 Å². The van der Waals surface area contributed by atoms with Crippen LogP contribution in [0.2, 0.25) is 0 Å². The number of pyridine rings is 4. The van der Waals surface area contributed by atoms with Crippen molar-refractivity contribution in [2.45, 2.75) is 27.7 Å². The molecule has 0 atom stereocenters. The van der Waals surface area contributed by atoms with Crippen molar-refractivity contribution in [3.63, 3.8) is 0 Å². The third-order valence-electron chi connectivity index (χ3n) is 3.60. The highest BCUT2D eigenvalue weighted by molar-refractivity contribution is 7.71. The van der Waals surface area contributed by atoms with Crippen molar-refractivity contribution in [2.24, 2.45) is 0 Å². The van der Waals surface area contributed by atoms with E-state index in [4.69, 9.17) is 17.0 Å². The number of aryl methyl sites for hydroxylation is 4. The molecule has 4 rings (SSSR count). The molecule has 0 saturated carbocycles. The van der Waals surface area contributed by atoms with E-state index in [2.05, 4.69) is 39.0 Å². The summed E-state index contributed by atoms with van der Waals surface area (Å²) in [5, 5.41) is 0. The number of nitrogens with one attached hydrogen (secondary N) is 1. The lowest BCUT2D eigenvalue weighted by Gasteiger charge is -1.92. The predicted molar refractivity (Wildman–Crippen MR) is 130 cm³/mol. The molecule has 0 radical (unpaired) electrons. The Morgan fingerprint density at radius 1 is 0.774 bits per heavy atom. The van der Waals surface area contributed by atoms with Crippen molar-refractivity contribution in [1.29, 1.82) is 0 Å². The molecule has 0 spiro atoms. The van der Waals surface area contributed by atoms with Gasteiger partial charge in [-0.2, -0.15) is 0 Å². The minimum Gasteiger partial charge on any atom is -0.481 e. The molecular weight excluding hydrogens is 404 g/mol. The van der Waals surface area contributed by atoms with Crippen molar-refractivity contribution in [3.05, 3.63) is 113 Å². The number of hydrogen-bond acceptors (Lipinski definition) is 5. The average Bonchev–Trinajstić information content (AvgIpc) is 2.76. The number of H-pyrrole nitrogens is 1. The van der Waals surface area contributed by atoms with Gasteiger partial charge in [0, 0.05) is 53.5 Å². The average molecular weight is 435 g/mol. The summed E-state index contributed by atoms with van der Waals surface area (Å²) in [5.41, 5.74) is 4.82. The molecule has 0 aliphatic heterocycles. The summed E-state index contributed by atoms with van der Waals surface area (Å²) in [6, 6.07) is 15.4. The normalized spacial score (nSPS) is 8.94. The molecule has 4 aromatic rings. The van der Waals surface area contributed by atoms with Crippen molar-refractivity contribution in [2.75, 3.05) is 7.11 Å². The number of aromatic amines is 1. The Labute approximate surface area is 190 Å². The first-order valence-electron chi connectivity index (χ1n) is 9.76. The SMILES string of the molecule is COc1ccccn1.Cc1ccnc(C)c1.Cc1cncc(C)c1.S=c1cc[nH]cc1. The summed E-state index contributed by atoms with van der Waals surface area (Å²) >= 11 is 4.79. The number of aromatic nitrogens is 4. The second-order valence-corrected chi connectivity index (χ2v) is 7.09. The second-order valence-electron chi connectivity index (χ2n) is 6.62. The standard InChI is InChI=1S/2C7H9N.C6H7NO.C5H5NS/c1-6-3-7(2)5-8-4-6;1-6-3-4-8-7(2)5-6;1-8-6-4-2-3-5-7-6;7-5-1-3-6-4-2-5/h2*3-5H,1-2H3;2-5H,1H3;1-4H,(H,6,7). The number of methoxy groups -OCH3 is 1. The molecule has 0 saturated heterocycles. The zero-order chi connectivity index (χ0) is 22.9. The summed E-state index contributed by atoms with van der Waals surface area (Å²) < 4.78 is 5.68. The number of rotatable bonds is 1. The first kappa shape index (κ1) is 25.7. The van der Waals surface area contributed by atoms with E-state index in [1.165, 1.54) is 16.7 Å². The zero-order valence-corrected chi connectivity index (χ0v) is 19.6. The van der Waals surface area contributed by atoms with E-state index in [-0.39, 0.29) is 0 Å². The Morgan fingerprint density at radius 2 is 1.45 bits per heavy atom. The Morgan fingerprint density at radius 3 is 1.77 bits per heavy atom. The van der Waals surface area contributed by atoms with Gasteiger partial charge in [-0.15, -0.1) is 0 Å². The predicted octanol–water partition coefficient (Wildman–Crippen LogP) is 6.23. The van der Waals surface area contributed by atoms with Crippen molar-refractivity contribution in [1.82, 2.24) is 19.9 Å². The van der Waals surface area contributed by atoms with E-state index in [0.717, 1.165) is 10.2 Å². The molecule has 0 aliphatic rings. The van der Waals surface area contributed by atoms with Gasteiger partial charge in [-0.05, 0) is 74.7 Å². The van der Waals surface area contributed by atoms with Crippen LogP contribution >= 0.6 is 12.2 Å². The van der Waals surface area contributed by atoms with Crippen molar-refractivity contribution in [3.8, 4) is 5.88 Å². The number of hydrogen-bond donors (Lipinski definition) is 1. The molecule has 1 N–H and O–H groups in total. The molecule has 6 heteroatoms. The fourth-order valence-corrected chi connectivity index (χ4v) is 2.37. The van der Waals surface area contributed by atoms with Gasteiger partial charge in [0.05, 0.1) is 7.11 Å². The lowest BCUT2D eigenvalue weighted by molar-refractivity contribution is 0.398. The maximum absolute atomic E-state index is 4.80. The van der Waals surface area contributed by atoms with Gasteiger partial charge in [-0.3, -0.25) is 9.97 Å². The fourth-order valence-electron chi connectivity index (χ4n) is 2.23. The van der Waals surface area contributed by atoms with Crippen LogP contribution in [-0.2, 0) is 0 Å². The van der Waals surface area contributed by atoms with Gasteiger partial charge >= 0.3 is 0 Å². The molecule has 0 aromatic carbocycles. The molecule has 5 nitrogen and oxygen atoms in total. The van der Waals surface area contributed by atoms with E-state index >= 15 is 0 Å². The highest BCUT2D eigenvalue weighted by Crippen LogP contribution is 2.00. The van der Waals surface area contributed by atoms with Gasteiger partial charge in [-0.1, -0.05) is 24.4 Å². The molecule has 162 valence electrons. The summed E-state index contributed by atoms with van der Waals surface area (Å²) in [7, 11) is 1.60. The number of ether oxygens (including phenoxy) is 1. The van der Waals surface area contributed by atoms with Crippen LogP contribution in [0.4, 0.5) is 0 Å². The Bertz CT molecular complexity index is 957. The molecule has 0 aliphatic carbocycles. The van der Waals surface area contributed by atoms with Crippen molar-refractivity contribution >= 4 is 12.2 Å². The van der Waals surface area contributed by atoms with E-state index < -0.39 is 0 Å². The van der Waals surface area contributed by atoms with Crippen LogP contribution in [0.15, 0.2) is 85.7 Å². The summed E-state index contributed by atoms with van der Waals surface area (Å²) in [5.74, 6) is 0.660. The smallest absolute Gasteiger partial charge is 0.212 e. The molecule has 0 bridgehead atoms. The summed E-state index contributed by atoms with van der Waals surface area (Å²) in [6.45, 7) is 8.14. The quantitative estimate of drug-likeness (QED) is 0.360. The largest absolute Gasteiger partial charge is 0.481 e. The fraction of sp³-hybridized carbons (Fsp3) is 0.200. The Hall–Kier alpha value is -3.38. The molecule has 4 aromatic heterocycles. The number of nitrogens with zero attached hydrogens (tertiary/aromatic N) is 3. The minimum absolute atomic E-state index is 0.660. The molecule has 31 heavy (non-hydrogen) atoms. The molecule has 4 heterocycles. The molecular formula is C25H30N4OS. The van der Waals surface area contributed by atoms with Gasteiger partial charge in [0.2, 0.25) is 5.88 Å². The van der Waals surface area contributed by atoms with Crippen LogP contribution < -0.4 is 4.74 Å². The third-order valence-corrected chi connectivity index (χ3v) is 3.87. The topological polar surface area (TPSA) is 63.7 Å². The minimum atomic E-state index is 0.660. The Kier molecular flexibility index (Phi) is 12.8.